The van der Waals surface area contributed by atoms with Crippen molar-refractivity contribution in [3.8, 4) is 5.69 Å². The number of benzene rings is 1. The van der Waals surface area contributed by atoms with Crippen molar-refractivity contribution in [2.45, 2.75) is 0 Å². The average molecular weight is 283 g/mol. The SMILES string of the molecule is O=C(Nc1ccc(-n2cncn2)cc1)c1ccnc(F)c1. The number of aromatic nitrogens is 4. The molecule has 3 rings (SSSR count). The molecule has 0 unspecified atom stereocenters. The molecule has 3 aromatic rings. The van der Waals surface area contributed by atoms with Crippen LogP contribution in [0.25, 0.3) is 5.69 Å². The van der Waals surface area contributed by atoms with Crippen molar-refractivity contribution in [3.63, 3.8) is 0 Å². The summed E-state index contributed by atoms with van der Waals surface area (Å²) in [4.78, 5) is 19.2. The normalized spacial score (nSPS) is 10.3. The molecular formula is C14H10FN5O. The standard InChI is InChI=1S/C14H10FN5O/c15-13-7-10(5-6-17-13)14(21)19-11-1-3-12(4-2-11)20-9-16-8-18-20/h1-9H,(H,19,21). The molecule has 1 aromatic carbocycles. The number of halogens is 1. The quantitative estimate of drug-likeness (QED) is 0.747. The van der Waals surface area contributed by atoms with Gasteiger partial charge in [0.05, 0.1) is 5.69 Å². The minimum Gasteiger partial charge on any atom is -0.322 e. The fraction of sp³-hybridized carbons (Fsp3) is 0. The third kappa shape index (κ3) is 2.92. The molecule has 104 valence electrons. The minimum absolute atomic E-state index is 0.211. The summed E-state index contributed by atoms with van der Waals surface area (Å²) >= 11 is 0. The third-order valence-electron chi connectivity index (χ3n) is 2.80. The number of nitrogens with zero attached hydrogens (tertiary/aromatic N) is 4. The van der Waals surface area contributed by atoms with Crippen molar-refractivity contribution in [2.75, 3.05) is 5.32 Å². The van der Waals surface area contributed by atoms with Crippen molar-refractivity contribution in [1.29, 1.82) is 0 Å². The van der Waals surface area contributed by atoms with Gasteiger partial charge in [-0.25, -0.2) is 14.6 Å². The van der Waals surface area contributed by atoms with E-state index in [0.29, 0.717) is 5.69 Å². The second kappa shape index (κ2) is 5.49. The molecule has 2 aromatic heterocycles. The molecule has 7 heteroatoms. The maximum absolute atomic E-state index is 13.0. The molecule has 0 aliphatic rings. The van der Waals surface area contributed by atoms with Gasteiger partial charge in [-0.1, -0.05) is 0 Å². The number of rotatable bonds is 3. The Bertz CT molecular complexity index is 755. The minimum atomic E-state index is -0.691. The average Bonchev–Trinajstić information content (AvgIpc) is 3.02. The monoisotopic (exact) mass is 283 g/mol. The van der Waals surface area contributed by atoms with Crippen molar-refractivity contribution < 1.29 is 9.18 Å². The van der Waals surface area contributed by atoms with Gasteiger partial charge in [-0.2, -0.15) is 9.49 Å². The van der Waals surface area contributed by atoms with Crippen LogP contribution in [-0.2, 0) is 0 Å². The van der Waals surface area contributed by atoms with Gasteiger partial charge in [0.1, 0.15) is 12.7 Å². The molecule has 0 aliphatic heterocycles. The topological polar surface area (TPSA) is 72.7 Å². The maximum Gasteiger partial charge on any atom is 0.255 e. The first-order valence-electron chi connectivity index (χ1n) is 6.10. The third-order valence-corrected chi connectivity index (χ3v) is 2.80. The van der Waals surface area contributed by atoms with Gasteiger partial charge in [0.2, 0.25) is 5.95 Å². The second-order valence-corrected chi connectivity index (χ2v) is 4.21. The smallest absolute Gasteiger partial charge is 0.255 e. The number of amides is 1. The molecular weight excluding hydrogens is 273 g/mol. The molecule has 0 bridgehead atoms. The van der Waals surface area contributed by atoms with E-state index >= 15 is 0 Å². The van der Waals surface area contributed by atoms with Gasteiger partial charge in [0.25, 0.3) is 5.91 Å². The highest BCUT2D eigenvalue weighted by atomic mass is 19.1. The summed E-state index contributed by atoms with van der Waals surface area (Å²) in [5.74, 6) is -1.09. The van der Waals surface area contributed by atoms with Crippen molar-refractivity contribution in [3.05, 3.63) is 66.8 Å². The zero-order valence-electron chi connectivity index (χ0n) is 10.8. The summed E-state index contributed by atoms with van der Waals surface area (Å²) in [6.07, 6.45) is 4.26. The lowest BCUT2D eigenvalue weighted by atomic mass is 10.2. The van der Waals surface area contributed by atoms with Crippen LogP contribution in [0.4, 0.5) is 10.1 Å². The van der Waals surface area contributed by atoms with Gasteiger partial charge in [-0.3, -0.25) is 4.79 Å². The van der Waals surface area contributed by atoms with E-state index in [2.05, 4.69) is 20.4 Å². The van der Waals surface area contributed by atoms with Gasteiger partial charge >= 0.3 is 0 Å². The Labute approximate surface area is 119 Å². The first kappa shape index (κ1) is 12.9. The number of pyridine rings is 1. The van der Waals surface area contributed by atoms with Crippen LogP contribution >= 0.6 is 0 Å². The molecule has 0 saturated heterocycles. The molecule has 0 fully saturated rings. The first-order chi connectivity index (χ1) is 10.2. The lowest BCUT2D eigenvalue weighted by molar-refractivity contribution is 0.102. The van der Waals surface area contributed by atoms with Crippen molar-refractivity contribution >= 4 is 11.6 Å². The summed E-state index contributed by atoms with van der Waals surface area (Å²) < 4.78 is 14.6. The largest absolute Gasteiger partial charge is 0.322 e. The molecule has 0 saturated carbocycles. The van der Waals surface area contributed by atoms with Crippen molar-refractivity contribution in [1.82, 2.24) is 19.7 Å². The molecule has 6 nitrogen and oxygen atoms in total. The molecule has 0 spiro atoms. The molecule has 1 N–H and O–H groups in total. The van der Waals surface area contributed by atoms with Crippen LogP contribution in [0.2, 0.25) is 0 Å². The number of anilines is 1. The highest BCUT2D eigenvalue weighted by molar-refractivity contribution is 6.04. The Kier molecular flexibility index (Phi) is 3.38. The number of carbonyl (C=O) groups is 1. The van der Waals surface area contributed by atoms with Crippen LogP contribution in [0, 0.1) is 5.95 Å². The van der Waals surface area contributed by atoms with E-state index in [0.717, 1.165) is 11.8 Å². The molecule has 0 atom stereocenters. The Hall–Kier alpha value is -3.09. The zero-order valence-corrected chi connectivity index (χ0v) is 10.8. The fourth-order valence-electron chi connectivity index (χ4n) is 1.79. The molecule has 21 heavy (non-hydrogen) atoms. The Balaban J connectivity index is 1.75. The van der Waals surface area contributed by atoms with E-state index in [9.17, 15) is 9.18 Å². The Morgan fingerprint density at radius 1 is 1.19 bits per heavy atom. The van der Waals surface area contributed by atoms with Crippen LogP contribution < -0.4 is 5.32 Å². The predicted octanol–water partition coefficient (Wildman–Crippen LogP) is 2.05. The second-order valence-electron chi connectivity index (χ2n) is 4.21. The van der Waals surface area contributed by atoms with E-state index in [-0.39, 0.29) is 5.56 Å². The van der Waals surface area contributed by atoms with E-state index in [1.807, 2.05) is 0 Å². The highest BCUT2D eigenvalue weighted by Crippen LogP contribution is 2.13. The van der Waals surface area contributed by atoms with Gasteiger partial charge < -0.3 is 5.32 Å². The first-order valence-corrected chi connectivity index (χ1v) is 6.10. The number of hydrogen-bond donors (Lipinski definition) is 1. The number of nitrogens with one attached hydrogen (secondary N) is 1. The summed E-state index contributed by atoms with van der Waals surface area (Å²) in [5, 5.41) is 6.68. The zero-order chi connectivity index (χ0) is 14.7. The lowest BCUT2D eigenvalue weighted by Gasteiger charge is -2.06. The number of carbonyl (C=O) groups excluding carboxylic acids is 1. The van der Waals surface area contributed by atoms with Gasteiger partial charge in [-0.15, -0.1) is 0 Å². The molecule has 0 radical (unpaired) electrons. The van der Waals surface area contributed by atoms with Crippen LogP contribution in [0.3, 0.4) is 0 Å². The van der Waals surface area contributed by atoms with Crippen LogP contribution in [0.15, 0.2) is 55.2 Å². The van der Waals surface area contributed by atoms with Crippen LogP contribution in [0.5, 0.6) is 0 Å². The van der Waals surface area contributed by atoms with Gasteiger partial charge in [0.15, 0.2) is 0 Å². The van der Waals surface area contributed by atoms with Crippen LogP contribution in [-0.4, -0.2) is 25.7 Å². The molecule has 1 amide bonds. The Morgan fingerprint density at radius 3 is 2.67 bits per heavy atom. The summed E-state index contributed by atoms with van der Waals surface area (Å²) in [6.45, 7) is 0. The lowest BCUT2D eigenvalue weighted by Crippen LogP contribution is -2.12. The fourth-order valence-corrected chi connectivity index (χ4v) is 1.79. The highest BCUT2D eigenvalue weighted by Gasteiger charge is 2.07. The van der Waals surface area contributed by atoms with E-state index in [4.69, 9.17) is 0 Å². The van der Waals surface area contributed by atoms with E-state index in [1.54, 1.807) is 35.3 Å². The number of hydrogen-bond acceptors (Lipinski definition) is 4. The van der Waals surface area contributed by atoms with Crippen LogP contribution in [0.1, 0.15) is 10.4 Å². The molecule has 0 aliphatic carbocycles. The Morgan fingerprint density at radius 2 is 2.00 bits per heavy atom. The van der Waals surface area contributed by atoms with Crippen molar-refractivity contribution in [2.24, 2.45) is 0 Å². The predicted molar refractivity (Wildman–Crippen MR) is 73.5 cm³/mol. The summed E-state index contributed by atoms with van der Waals surface area (Å²) in [7, 11) is 0. The van der Waals surface area contributed by atoms with E-state index in [1.165, 1.54) is 18.6 Å². The summed E-state index contributed by atoms with van der Waals surface area (Å²) in [6, 6.07) is 9.56. The summed E-state index contributed by atoms with van der Waals surface area (Å²) in [5.41, 5.74) is 1.63. The molecule has 2 heterocycles. The van der Waals surface area contributed by atoms with Gasteiger partial charge in [-0.05, 0) is 30.3 Å². The maximum atomic E-state index is 13.0. The van der Waals surface area contributed by atoms with Gasteiger partial charge in [0, 0.05) is 23.5 Å². The van der Waals surface area contributed by atoms with E-state index < -0.39 is 11.9 Å².